The number of carbonyl (C=O) groups excluding carboxylic acids is 1. The van der Waals surface area contributed by atoms with Crippen LogP contribution in [0.25, 0.3) is 22.0 Å². The van der Waals surface area contributed by atoms with Crippen molar-refractivity contribution in [2.75, 3.05) is 0 Å². The second-order valence-corrected chi connectivity index (χ2v) is 6.98. The summed E-state index contributed by atoms with van der Waals surface area (Å²) in [5.74, 6) is 0.212. The van der Waals surface area contributed by atoms with E-state index in [0.717, 1.165) is 33.3 Å². The van der Waals surface area contributed by atoms with E-state index in [1.807, 2.05) is 56.6 Å². The minimum atomic E-state index is -0.188. The third-order valence-electron chi connectivity index (χ3n) is 5.08. The number of para-hydroxylation sites is 1. The molecule has 0 amide bonds. The Kier molecular flexibility index (Phi) is 4.59. The number of benzene rings is 2. The van der Waals surface area contributed by atoms with Gasteiger partial charge in [-0.2, -0.15) is 0 Å². The zero-order valence-corrected chi connectivity index (χ0v) is 15.6. The fraction of sp³-hybridized carbons (Fsp3) is 0.167. The van der Waals surface area contributed by atoms with Gasteiger partial charge in [-0.15, -0.1) is 0 Å². The molecule has 4 aromatic rings. The van der Waals surface area contributed by atoms with Crippen LogP contribution in [0, 0.1) is 6.92 Å². The summed E-state index contributed by atoms with van der Waals surface area (Å²) >= 11 is 0. The fourth-order valence-electron chi connectivity index (χ4n) is 3.49. The molecule has 3 nitrogen and oxygen atoms in total. The number of nitrogens with zero attached hydrogens (tertiary/aromatic N) is 2. The zero-order valence-electron chi connectivity index (χ0n) is 15.6. The predicted molar refractivity (Wildman–Crippen MR) is 110 cm³/mol. The highest BCUT2D eigenvalue weighted by atomic mass is 16.1. The molecular weight excluding hydrogens is 332 g/mol. The molecule has 4 rings (SSSR count). The molecular formula is C24H22N2O. The Labute approximate surface area is 159 Å². The van der Waals surface area contributed by atoms with Gasteiger partial charge in [-0.3, -0.25) is 9.78 Å². The van der Waals surface area contributed by atoms with Gasteiger partial charge >= 0.3 is 0 Å². The van der Waals surface area contributed by atoms with Crippen molar-refractivity contribution < 1.29 is 4.79 Å². The van der Waals surface area contributed by atoms with Crippen LogP contribution >= 0.6 is 0 Å². The molecule has 1 atom stereocenters. The van der Waals surface area contributed by atoms with E-state index in [-0.39, 0.29) is 11.8 Å². The normalized spacial score (nSPS) is 12.2. The Hall–Kier alpha value is -3.20. The van der Waals surface area contributed by atoms with Crippen molar-refractivity contribution in [3.8, 4) is 11.1 Å². The highest BCUT2D eigenvalue weighted by molar-refractivity contribution is 5.88. The van der Waals surface area contributed by atoms with Gasteiger partial charge in [-0.25, -0.2) is 0 Å². The van der Waals surface area contributed by atoms with Crippen molar-refractivity contribution in [2.45, 2.75) is 26.3 Å². The first-order valence-corrected chi connectivity index (χ1v) is 9.22. The summed E-state index contributed by atoms with van der Waals surface area (Å²) in [5, 5.41) is 1.16. The first kappa shape index (κ1) is 17.2. The molecule has 27 heavy (non-hydrogen) atoms. The Balaban J connectivity index is 1.51. The van der Waals surface area contributed by atoms with E-state index in [0.29, 0.717) is 6.42 Å². The highest BCUT2D eigenvalue weighted by Gasteiger charge is 2.16. The number of carbonyl (C=O) groups is 1. The summed E-state index contributed by atoms with van der Waals surface area (Å²) in [6.07, 6.45) is 4.26. The lowest BCUT2D eigenvalue weighted by molar-refractivity contribution is -0.121. The van der Waals surface area contributed by atoms with Crippen molar-refractivity contribution in [1.29, 1.82) is 0 Å². The van der Waals surface area contributed by atoms with E-state index in [9.17, 15) is 4.79 Å². The molecule has 0 saturated carbocycles. The number of aryl methyl sites for hydroxylation is 1. The van der Waals surface area contributed by atoms with E-state index in [1.165, 1.54) is 0 Å². The lowest BCUT2D eigenvalue weighted by atomic mass is 10.0. The molecule has 0 spiro atoms. The molecule has 3 heteroatoms. The monoisotopic (exact) mass is 354 g/mol. The number of ketones is 1. The molecule has 0 aliphatic carbocycles. The lowest BCUT2D eigenvalue weighted by Gasteiger charge is -2.14. The number of hydrogen-bond acceptors (Lipinski definition) is 2. The summed E-state index contributed by atoms with van der Waals surface area (Å²) in [4.78, 5) is 17.1. The Morgan fingerprint density at radius 2 is 1.78 bits per heavy atom. The topological polar surface area (TPSA) is 34.9 Å². The standard InChI is InChI=1S/C24H22N2O/c1-17-15-22(11-13-25-17)20-9-7-19(8-10-20)16-24(27)18(2)26-14-12-21-5-3-4-6-23(21)26/h3-15,18H,16H2,1-2H3. The fourth-order valence-corrected chi connectivity index (χ4v) is 3.49. The van der Waals surface area contributed by atoms with E-state index in [2.05, 4.69) is 45.9 Å². The highest BCUT2D eigenvalue weighted by Crippen LogP contribution is 2.23. The van der Waals surface area contributed by atoms with E-state index in [1.54, 1.807) is 0 Å². The average molecular weight is 354 g/mol. The maximum Gasteiger partial charge on any atom is 0.159 e. The summed E-state index contributed by atoms with van der Waals surface area (Å²) in [6, 6.07) is 22.4. The number of aromatic nitrogens is 2. The minimum absolute atomic E-state index is 0.188. The minimum Gasteiger partial charge on any atom is -0.337 e. The summed E-state index contributed by atoms with van der Waals surface area (Å²) in [7, 11) is 0. The Morgan fingerprint density at radius 1 is 1.00 bits per heavy atom. The number of Topliss-reactive ketones (excluding diaryl/α,β-unsaturated/α-hetero) is 1. The molecule has 0 bridgehead atoms. The van der Waals surface area contributed by atoms with Crippen LogP contribution < -0.4 is 0 Å². The molecule has 0 saturated heterocycles. The summed E-state index contributed by atoms with van der Waals surface area (Å²) in [5.41, 5.74) is 5.42. The quantitative estimate of drug-likeness (QED) is 0.482. The van der Waals surface area contributed by atoms with Crippen LogP contribution in [0.15, 0.2) is 79.1 Å². The molecule has 134 valence electrons. The molecule has 2 aromatic heterocycles. The zero-order chi connectivity index (χ0) is 18.8. The van der Waals surface area contributed by atoms with Gasteiger partial charge in [0.05, 0.1) is 6.04 Å². The average Bonchev–Trinajstić information content (AvgIpc) is 3.12. The van der Waals surface area contributed by atoms with Crippen molar-refractivity contribution in [3.63, 3.8) is 0 Å². The number of fused-ring (bicyclic) bond motifs is 1. The number of rotatable bonds is 5. The SMILES string of the molecule is Cc1cc(-c2ccc(CC(=O)C(C)n3ccc4ccccc43)cc2)ccn1. The first-order chi connectivity index (χ1) is 13.1. The summed E-state index contributed by atoms with van der Waals surface area (Å²) < 4.78 is 2.06. The second-order valence-electron chi connectivity index (χ2n) is 6.98. The number of pyridine rings is 1. The van der Waals surface area contributed by atoms with Crippen molar-refractivity contribution in [2.24, 2.45) is 0 Å². The maximum absolute atomic E-state index is 12.8. The summed E-state index contributed by atoms with van der Waals surface area (Å²) in [6.45, 7) is 3.96. The molecule has 0 aliphatic rings. The number of hydrogen-bond donors (Lipinski definition) is 0. The smallest absolute Gasteiger partial charge is 0.159 e. The van der Waals surface area contributed by atoms with Crippen LogP contribution in [0.3, 0.4) is 0 Å². The molecule has 2 heterocycles. The first-order valence-electron chi connectivity index (χ1n) is 9.22. The van der Waals surface area contributed by atoms with E-state index >= 15 is 0 Å². The Bertz CT molecular complexity index is 1090. The maximum atomic E-state index is 12.8. The predicted octanol–water partition coefficient (Wildman–Crippen LogP) is 5.38. The lowest BCUT2D eigenvalue weighted by Crippen LogP contribution is -2.17. The third kappa shape index (κ3) is 3.54. The van der Waals surface area contributed by atoms with Crippen LogP contribution in [-0.4, -0.2) is 15.3 Å². The van der Waals surface area contributed by atoms with Gasteiger partial charge in [0.1, 0.15) is 0 Å². The van der Waals surface area contributed by atoms with Crippen LogP contribution in [0.1, 0.15) is 24.2 Å². The van der Waals surface area contributed by atoms with Crippen molar-refractivity contribution in [3.05, 3.63) is 90.4 Å². The van der Waals surface area contributed by atoms with Gasteiger partial charge < -0.3 is 4.57 Å². The second kappa shape index (κ2) is 7.20. The van der Waals surface area contributed by atoms with Gasteiger partial charge in [0.2, 0.25) is 0 Å². The van der Waals surface area contributed by atoms with Gasteiger partial charge in [-0.05, 0) is 60.2 Å². The van der Waals surface area contributed by atoms with Crippen molar-refractivity contribution in [1.82, 2.24) is 9.55 Å². The Morgan fingerprint density at radius 3 is 2.56 bits per heavy atom. The van der Waals surface area contributed by atoms with Gasteiger partial charge in [0, 0.05) is 30.0 Å². The van der Waals surface area contributed by atoms with Crippen LogP contribution in [0.4, 0.5) is 0 Å². The third-order valence-corrected chi connectivity index (χ3v) is 5.08. The van der Waals surface area contributed by atoms with Crippen LogP contribution in [-0.2, 0) is 11.2 Å². The molecule has 0 radical (unpaired) electrons. The molecule has 1 unspecified atom stereocenters. The molecule has 0 fully saturated rings. The van der Waals surface area contributed by atoms with Gasteiger partial charge in [-0.1, -0.05) is 42.5 Å². The molecule has 2 aromatic carbocycles. The molecule has 0 aliphatic heterocycles. The van der Waals surface area contributed by atoms with E-state index in [4.69, 9.17) is 0 Å². The van der Waals surface area contributed by atoms with Gasteiger partial charge in [0.15, 0.2) is 5.78 Å². The van der Waals surface area contributed by atoms with Gasteiger partial charge in [0.25, 0.3) is 0 Å². The largest absolute Gasteiger partial charge is 0.337 e. The molecule has 0 N–H and O–H groups in total. The van der Waals surface area contributed by atoms with Crippen LogP contribution in [0.2, 0.25) is 0 Å². The van der Waals surface area contributed by atoms with Crippen LogP contribution in [0.5, 0.6) is 0 Å². The van der Waals surface area contributed by atoms with E-state index < -0.39 is 0 Å². The van der Waals surface area contributed by atoms with Crippen molar-refractivity contribution >= 4 is 16.7 Å².